The van der Waals surface area contributed by atoms with Crippen LogP contribution in [0.25, 0.3) is 10.8 Å². The fourth-order valence-corrected chi connectivity index (χ4v) is 4.57. The van der Waals surface area contributed by atoms with Crippen LogP contribution < -0.4 is 25.4 Å². The highest BCUT2D eigenvalue weighted by Crippen LogP contribution is 2.35. The number of benzene rings is 1. The first-order valence-electron chi connectivity index (χ1n) is 12.8. The summed E-state index contributed by atoms with van der Waals surface area (Å²) in [6, 6.07) is 3.99. The number of carbonyl (C=O) groups excluding carboxylic acids is 2. The zero-order chi connectivity index (χ0) is 28.4. The number of rotatable bonds is 10. The van der Waals surface area contributed by atoms with Crippen molar-refractivity contribution in [3.05, 3.63) is 59.9 Å². The van der Waals surface area contributed by atoms with E-state index in [0.29, 0.717) is 42.0 Å². The van der Waals surface area contributed by atoms with Crippen LogP contribution in [0.4, 0.5) is 20.4 Å². The smallest absolute Gasteiger partial charge is 0.243 e. The summed E-state index contributed by atoms with van der Waals surface area (Å²) >= 11 is 0. The maximum absolute atomic E-state index is 15.1. The number of amides is 1. The molecular weight excluding hydrogens is 524 g/mol. The Morgan fingerprint density at radius 1 is 1.05 bits per heavy atom. The first-order valence-corrected chi connectivity index (χ1v) is 12.8. The molecule has 1 amide bonds. The number of aromatic nitrogens is 2. The number of anilines is 2. The van der Waals surface area contributed by atoms with E-state index in [1.165, 1.54) is 26.4 Å². The van der Waals surface area contributed by atoms with E-state index in [1.807, 2.05) is 0 Å². The minimum absolute atomic E-state index is 0.167. The fraction of sp³-hybridized carbons (Fsp3) is 0.357. The fourth-order valence-electron chi connectivity index (χ4n) is 4.57. The summed E-state index contributed by atoms with van der Waals surface area (Å²) in [6.07, 6.45) is 5.25. The van der Waals surface area contributed by atoms with Gasteiger partial charge in [-0.25, -0.2) is 18.7 Å². The van der Waals surface area contributed by atoms with Gasteiger partial charge in [0.15, 0.2) is 23.1 Å². The molecule has 2 aromatic heterocycles. The highest BCUT2D eigenvalue weighted by atomic mass is 19.1. The lowest BCUT2D eigenvalue weighted by molar-refractivity contribution is -0.117. The number of fused-ring (bicyclic) bond motifs is 1. The zero-order valence-corrected chi connectivity index (χ0v) is 22.1. The molecule has 5 rings (SSSR count). The summed E-state index contributed by atoms with van der Waals surface area (Å²) < 4.78 is 45.7. The molecule has 12 heteroatoms. The molecule has 3 N–H and O–H groups in total. The first kappa shape index (κ1) is 27.3. The molecule has 0 radical (unpaired) electrons. The van der Waals surface area contributed by atoms with E-state index < -0.39 is 23.0 Å². The predicted octanol–water partition coefficient (Wildman–Crippen LogP) is 3.60. The minimum atomic E-state index is -1.14. The zero-order valence-electron chi connectivity index (χ0n) is 22.1. The van der Waals surface area contributed by atoms with Crippen molar-refractivity contribution in [2.45, 2.75) is 37.4 Å². The summed E-state index contributed by atoms with van der Waals surface area (Å²) in [5.41, 5.74) is -0.990. The third-order valence-corrected chi connectivity index (χ3v) is 6.87. The van der Waals surface area contributed by atoms with E-state index in [-0.39, 0.29) is 41.2 Å². The van der Waals surface area contributed by atoms with Crippen molar-refractivity contribution in [2.75, 3.05) is 38.1 Å². The average Bonchev–Trinajstić information content (AvgIpc) is 3.78. The largest absolute Gasteiger partial charge is 0.494 e. The summed E-state index contributed by atoms with van der Waals surface area (Å²) in [6.45, 7) is 4.38. The summed E-state index contributed by atoms with van der Waals surface area (Å²) in [7, 11) is 2.42. The van der Waals surface area contributed by atoms with Gasteiger partial charge in [0.25, 0.3) is 0 Å². The molecule has 3 heterocycles. The highest BCUT2D eigenvalue weighted by molar-refractivity contribution is 6.11. The Bertz CT molecular complexity index is 1450. The average molecular weight is 554 g/mol. The third kappa shape index (κ3) is 5.53. The Balaban J connectivity index is 1.51. The molecule has 40 heavy (non-hydrogen) atoms. The van der Waals surface area contributed by atoms with Gasteiger partial charge in [0.2, 0.25) is 11.7 Å². The Labute approximate surface area is 229 Å². The van der Waals surface area contributed by atoms with Gasteiger partial charge in [-0.15, -0.1) is 0 Å². The van der Waals surface area contributed by atoms with Gasteiger partial charge in [0.05, 0.1) is 32.9 Å². The number of carbonyl (C=O) groups is 2. The highest BCUT2D eigenvalue weighted by Gasteiger charge is 2.30. The monoisotopic (exact) mass is 553 g/mol. The van der Waals surface area contributed by atoms with Crippen molar-refractivity contribution in [1.29, 1.82) is 0 Å². The van der Waals surface area contributed by atoms with E-state index in [0.717, 1.165) is 18.9 Å². The maximum Gasteiger partial charge on any atom is 0.243 e. The van der Waals surface area contributed by atoms with Crippen LogP contribution in [0.1, 0.15) is 35.3 Å². The molecule has 0 spiro atoms. The number of nitrogens with zero attached hydrogens (tertiary/aromatic N) is 2. The summed E-state index contributed by atoms with van der Waals surface area (Å²) in [5.74, 6) is -3.28. The number of methoxy groups -OCH3 is 2. The topological polar surface area (TPSA) is 124 Å². The van der Waals surface area contributed by atoms with Gasteiger partial charge in [-0.3, -0.25) is 9.59 Å². The van der Waals surface area contributed by atoms with E-state index >= 15 is 8.78 Å². The second kappa shape index (κ2) is 11.4. The number of hydrogen-bond acceptors (Lipinski definition) is 9. The Hall–Kier alpha value is -4.32. The van der Waals surface area contributed by atoms with Crippen molar-refractivity contribution in [3.8, 4) is 11.5 Å². The van der Waals surface area contributed by atoms with Gasteiger partial charge in [0, 0.05) is 35.7 Å². The molecule has 2 fully saturated rings. The number of halogens is 2. The number of hydrogen-bond donors (Lipinski definition) is 3. The molecule has 0 bridgehead atoms. The van der Waals surface area contributed by atoms with Crippen molar-refractivity contribution >= 4 is 34.1 Å². The van der Waals surface area contributed by atoms with Crippen LogP contribution in [0, 0.1) is 11.6 Å². The van der Waals surface area contributed by atoms with Crippen LogP contribution in [0.15, 0.2) is 37.1 Å². The Morgan fingerprint density at radius 2 is 1.77 bits per heavy atom. The molecule has 1 aromatic carbocycles. The second-order valence-electron chi connectivity index (χ2n) is 9.61. The second-order valence-corrected chi connectivity index (χ2v) is 9.61. The van der Waals surface area contributed by atoms with E-state index in [4.69, 9.17) is 14.2 Å². The van der Waals surface area contributed by atoms with Crippen LogP contribution in [0.2, 0.25) is 0 Å². The molecule has 2 aliphatic rings. The van der Waals surface area contributed by atoms with Crippen molar-refractivity contribution in [2.24, 2.45) is 0 Å². The number of nitrogens with one attached hydrogen (secondary N) is 3. The molecule has 1 saturated heterocycles. The predicted molar refractivity (Wildman–Crippen MR) is 144 cm³/mol. The normalized spacial score (nSPS) is 18.6. The van der Waals surface area contributed by atoms with Crippen LogP contribution in [-0.2, 0) is 9.53 Å². The SMILES string of the molecule is C=CC(=O)NC1CCOCC1Nc1cc2c(NC3CC3)nc(C(=O)c3c(F)c(OC)cc(OC)c3F)cc2cn1. The van der Waals surface area contributed by atoms with Crippen LogP contribution in [0.3, 0.4) is 0 Å². The van der Waals surface area contributed by atoms with Crippen LogP contribution in [0.5, 0.6) is 11.5 Å². The summed E-state index contributed by atoms with van der Waals surface area (Å²) in [4.78, 5) is 34.3. The lowest BCUT2D eigenvalue weighted by Crippen LogP contribution is -2.52. The van der Waals surface area contributed by atoms with Gasteiger partial charge >= 0.3 is 0 Å². The maximum atomic E-state index is 15.1. The van der Waals surface area contributed by atoms with E-state index in [9.17, 15) is 9.59 Å². The Kier molecular flexibility index (Phi) is 7.78. The van der Waals surface area contributed by atoms with Gasteiger partial charge in [-0.05, 0) is 37.5 Å². The van der Waals surface area contributed by atoms with Crippen molar-refractivity contribution in [3.63, 3.8) is 0 Å². The van der Waals surface area contributed by atoms with E-state index in [2.05, 4.69) is 32.5 Å². The van der Waals surface area contributed by atoms with Gasteiger partial charge in [0.1, 0.15) is 22.9 Å². The summed E-state index contributed by atoms with van der Waals surface area (Å²) in [5, 5.41) is 10.7. The third-order valence-electron chi connectivity index (χ3n) is 6.87. The van der Waals surface area contributed by atoms with Gasteiger partial charge in [-0.1, -0.05) is 6.58 Å². The number of ether oxygens (including phenoxy) is 3. The molecule has 1 aliphatic heterocycles. The van der Waals surface area contributed by atoms with Crippen LogP contribution in [-0.4, -0.2) is 67.2 Å². The molecule has 1 aliphatic carbocycles. The van der Waals surface area contributed by atoms with Crippen molar-refractivity contribution in [1.82, 2.24) is 15.3 Å². The quantitative estimate of drug-likeness (QED) is 0.255. The van der Waals surface area contributed by atoms with Crippen molar-refractivity contribution < 1.29 is 32.6 Å². The lowest BCUT2D eigenvalue weighted by atomic mass is 10.0. The minimum Gasteiger partial charge on any atom is -0.494 e. The molecular formula is C28H29F2N5O5. The molecule has 2 unspecified atom stereocenters. The number of ketones is 1. The Morgan fingerprint density at radius 3 is 2.42 bits per heavy atom. The lowest BCUT2D eigenvalue weighted by Gasteiger charge is -2.32. The molecule has 210 valence electrons. The van der Waals surface area contributed by atoms with Gasteiger partial charge in [-0.2, -0.15) is 0 Å². The van der Waals surface area contributed by atoms with Gasteiger partial charge < -0.3 is 30.2 Å². The first-order chi connectivity index (χ1) is 19.3. The molecule has 1 saturated carbocycles. The molecule has 10 nitrogen and oxygen atoms in total. The van der Waals surface area contributed by atoms with Crippen LogP contribution >= 0.6 is 0 Å². The number of pyridine rings is 2. The molecule has 2 atom stereocenters. The van der Waals surface area contributed by atoms with E-state index in [1.54, 1.807) is 12.3 Å². The standard InChI is InChI=1S/C28H29F2N5O5/c1-4-23(36)34-17-7-8-40-13-19(17)33-22-10-16-14(12-31-22)9-18(35-28(16)32-15-5-6-15)27(37)24-25(29)20(38-2)11-21(39-3)26(24)30/h4,9-12,15,17,19H,1,5-8,13H2,2-3H3,(H,31,33)(H,32,35)(H,34,36). The molecule has 3 aromatic rings.